The molecule has 1 aliphatic heterocycles. The SMILES string of the molecule is O=C(NCCc1ccccc1)c1cccc(C(=O)N2CCCCCC2)c1. The molecule has 2 aromatic carbocycles. The Bertz CT molecular complexity index is 735. The summed E-state index contributed by atoms with van der Waals surface area (Å²) in [5.74, 6) is -0.0997. The third-order valence-corrected chi connectivity index (χ3v) is 4.81. The molecule has 2 aromatic rings. The van der Waals surface area contributed by atoms with Crippen LogP contribution in [0.3, 0.4) is 0 Å². The van der Waals surface area contributed by atoms with Gasteiger partial charge in [-0.1, -0.05) is 49.2 Å². The fraction of sp³-hybridized carbons (Fsp3) is 0.364. The summed E-state index contributed by atoms with van der Waals surface area (Å²) in [6, 6.07) is 17.1. The van der Waals surface area contributed by atoms with Crippen molar-refractivity contribution in [1.29, 1.82) is 0 Å². The van der Waals surface area contributed by atoms with Gasteiger partial charge in [0.1, 0.15) is 0 Å². The Morgan fingerprint density at radius 2 is 1.54 bits per heavy atom. The minimum Gasteiger partial charge on any atom is -0.352 e. The van der Waals surface area contributed by atoms with Crippen LogP contribution in [-0.4, -0.2) is 36.3 Å². The Morgan fingerprint density at radius 3 is 2.27 bits per heavy atom. The highest BCUT2D eigenvalue weighted by Gasteiger charge is 2.18. The van der Waals surface area contributed by atoms with Gasteiger partial charge in [0.05, 0.1) is 0 Å². The second kappa shape index (κ2) is 9.18. The van der Waals surface area contributed by atoms with E-state index in [-0.39, 0.29) is 11.8 Å². The predicted octanol–water partition coefficient (Wildman–Crippen LogP) is 3.68. The molecule has 3 rings (SSSR count). The minimum absolute atomic E-state index is 0.0332. The van der Waals surface area contributed by atoms with E-state index >= 15 is 0 Å². The van der Waals surface area contributed by atoms with Crippen molar-refractivity contribution in [3.63, 3.8) is 0 Å². The highest BCUT2D eigenvalue weighted by Crippen LogP contribution is 2.14. The van der Waals surface area contributed by atoms with Gasteiger partial charge in [0.2, 0.25) is 0 Å². The van der Waals surface area contributed by atoms with Crippen molar-refractivity contribution in [2.75, 3.05) is 19.6 Å². The number of nitrogens with zero attached hydrogens (tertiary/aromatic N) is 1. The normalized spacial score (nSPS) is 14.5. The van der Waals surface area contributed by atoms with Crippen LogP contribution in [0, 0.1) is 0 Å². The van der Waals surface area contributed by atoms with Crippen LogP contribution in [-0.2, 0) is 6.42 Å². The van der Waals surface area contributed by atoms with Crippen molar-refractivity contribution < 1.29 is 9.59 Å². The lowest BCUT2D eigenvalue weighted by Gasteiger charge is -2.20. The summed E-state index contributed by atoms with van der Waals surface area (Å²) in [6.07, 6.45) is 5.29. The topological polar surface area (TPSA) is 49.4 Å². The van der Waals surface area contributed by atoms with Crippen LogP contribution in [0.15, 0.2) is 54.6 Å². The number of nitrogens with one attached hydrogen (secondary N) is 1. The zero-order chi connectivity index (χ0) is 18.2. The van der Waals surface area contributed by atoms with Gasteiger partial charge in [0.15, 0.2) is 0 Å². The Balaban J connectivity index is 1.59. The molecular formula is C22H26N2O2. The van der Waals surface area contributed by atoms with Crippen LogP contribution in [0.25, 0.3) is 0 Å². The van der Waals surface area contributed by atoms with E-state index in [0.29, 0.717) is 17.7 Å². The summed E-state index contributed by atoms with van der Waals surface area (Å²) in [6.45, 7) is 2.20. The molecule has 0 atom stereocenters. The molecule has 1 aliphatic rings. The number of rotatable bonds is 5. The van der Waals surface area contributed by atoms with Crippen LogP contribution in [0.5, 0.6) is 0 Å². The average molecular weight is 350 g/mol. The van der Waals surface area contributed by atoms with Crippen molar-refractivity contribution in [2.45, 2.75) is 32.1 Å². The number of hydrogen-bond donors (Lipinski definition) is 1. The standard InChI is InChI=1S/C22H26N2O2/c25-21(23-14-13-18-9-4-3-5-10-18)19-11-8-12-20(17-19)22(26)24-15-6-1-2-7-16-24/h3-5,8-12,17H,1-2,6-7,13-16H2,(H,23,25). The maximum atomic E-state index is 12.7. The van der Waals surface area contributed by atoms with Gasteiger partial charge in [-0.3, -0.25) is 9.59 Å². The van der Waals surface area contributed by atoms with E-state index in [1.54, 1.807) is 24.3 Å². The summed E-state index contributed by atoms with van der Waals surface area (Å²) >= 11 is 0. The molecule has 1 N–H and O–H groups in total. The van der Waals surface area contributed by atoms with Crippen LogP contribution in [0.1, 0.15) is 52.0 Å². The maximum Gasteiger partial charge on any atom is 0.253 e. The molecule has 2 amide bonds. The van der Waals surface area contributed by atoms with Crippen LogP contribution in [0.2, 0.25) is 0 Å². The molecule has 1 fully saturated rings. The van der Waals surface area contributed by atoms with Gasteiger partial charge in [0.25, 0.3) is 11.8 Å². The van der Waals surface area contributed by atoms with Crippen LogP contribution >= 0.6 is 0 Å². The third kappa shape index (κ3) is 4.94. The summed E-state index contributed by atoms with van der Waals surface area (Å²) in [5, 5.41) is 2.94. The van der Waals surface area contributed by atoms with Crippen molar-refractivity contribution in [2.24, 2.45) is 0 Å². The van der Waals surface area contributed by atoms with Crippen LogP contribution < -0.4 is 5.32 Å². The monoisotopic (exact) mass is 350 g/mol. The lowest BCUT2D eigenvalue weighted by Crippen LogP contribution is -2.32. The van der Waals surface area contributed by atoms with Crippen molar-refractivity contribution >= 4 is 11.8 Å². The van der Waals surface area contributed by atoms with E-state index in [1.807, 2.05) is 35.2 Å². The number of carbonyl (C=O) groups is 2. The van der Waals surface area contributed by atoms with Crippen molar-refractivity contribution in [3.05, 3.63) is 71.3 Å². The predicted molar refractivity (Wildman–Crippen MR) is 103 cm³/mol. The second-order valence-corrected chi connectivity index (χ2v) is 6.78. The van der Waals surface area contributed by atoms with Gasteiger partial charge in [-0.05, 0) is 43.0 Å². The quantitative estimate of drug-likeness (QED) is 0.894. The van der Waals surface area contributed by atoms with Gasteiger partial charge in [-0.15, -0.1) is 0 Å². The first-order valence-electron chi connectivity index (χ1n) is 9.45. The highest BCUT2D eigenvalue weighted by molar-refractivity contribution is 5.99. The first kappa shape index (κ1) is 18.2. The van der Waals surface area contributed by atoms with Crippen LogP contribution in [0.4, 0.5) is 0 Å². The van der Waals surface area contributed by atoms with Gasteiger partial charge in [0, 0.05) is 30.8 Å². The third-order valence-electron chi connectivity index (χ3n) is 4.81. The van der Waals surface area contributed by atoms with Gasteiger partial charge >= 0.3 is 0 Å². The fourth-order valence-corrected chi connectivity index (χ4v) is 3.32. The van der Waals surface area contributed by atoms with Crippen molar-refractivity contribution in [3.8, 4) is 0 Å². The molecule has 0 saturated carbocycles. The lowest BCUT2D eigenvalue weighted by atomic mass is 10.1. The molecule has 0 unspecified atom stereocenters. The van der Waals surface area contributed by atoms with E-state index in [9.17, 15) is 9.59 Å². The zero-order valence-electron chi connectivity index (χ0n) is 15.1. The van der Waals surface area contributed by atoms with E-state index in [0.717, 1.165) is 32.4 Å². The molecule has 4 nitrogen and oxygen atoms in total. The lowest BCUT2D eigenvalue weighted by molar-refractivity contribution is 0.0761. The summed E-state index contributed by atoms with van der Waals surface area (Å²) in [4.78, 5) is 27.0. The molecular weight excluding hydrogens is 324 g/mol. The largest absolute Gasteiger partial charge is 0.352 e. The first-order valence-corrected chi connectivity index (χ1v) is 9.45. The number of amides is 2. The number of carbonyl (C=O) groups excluding carboxylic acids is 2. The molecule has 0 radical (unpaired) electrons. The molecule has 4 heteroatoms. The second-order valence-electron chi connectivity index (χ2n) is 6.78. The smallest absolute Gasteiger partial charge is 0.253 e. The average Bonchev–Trinajstić information content (AvgIpc) is 2.98. The molecule has 0 aromatic heterocycles. The number of likely N-dealkylation sites (tertiary alicyclic amines) is 1. The molecule has 136 valence electrons. The Labute approximate surface area is 155 Å². The molecule has 1 heterocycles. The maximum absolute atomic E-state index is 12.7. The van der Waals surface area contributed by atoms with Crippen molar-refractivity contribution in [1.82, 2.24) is 10.2 Å². The summed E-state index contributed by atoms with van der Waals surface area (Å²) in [7, 11) is 0. The van der Waals surface area contributed by atoms with E-state index in [1.165, 1.54) is 18.4 Å². The summed E-state index contributed by atoms with van der Waals surface area (Å²) < 4.78 is 0. The molecule has 0 spiro atoms. The zero-order valence-corrected chi connectivity index (χ0v) is 15.1. The molecule has 0 bridgehead atoms. The minimum atomic E-state index is -0.133. The molecule has 1 saturated heterocycles. The fourth-order valence-electron chi connectivity index (χ4n) is 3.32. The van der Waals surface area contributed by atoms with Gasteiger partial charge in [-0.2, -0.15) is 0 Å². The highest BCUT2D eigenvalue weighted by atomic mass is 16.2. The first-order chi connectivity index (χ1) is 12.7. The number of hydrogen-bond acceptors (Lipinski definition) is 2. The van der Waals surface area contributed by atoms with E-state index in [2.05, 4.69) is 5.32 Å². The Morgan fingerprint density at radius 1 is 0.846 bits per heavy atom. The van der Waals surface area contributed by atoms with E-state index < -0.39 is 0 Å². The van der Waals surface area contributed by atoms with E-state index in [4.69, 9.17) is 0 Å². The van der Waals surface area contributed by atoms with Gasteiger partial charge in [-0.25, -0.2) is 0 Å². The Hall–Kier alpha value is -2.62. The summed E-state index contributed by atoms with van der Waals surface area (Å²) in [5.41, 5.74) is 2.33. The number of benzene rings is 2. The van der Waals surface area contributed by atoms with Gasteiger partial charge < -0.3 is 10.2 Å². The molecule has 0 aliphatic carbocycles. The Kier molecular flexibility index (Phi) is 6.42. The molecule has 26 heavy (non-hydrogen) atoms.